The molecule has 0 spiro atoms. The second kappa shape index (κ2) is 3.17. The lowest BCUT2D eigenvalue weighted by Gasteiger charge is -2.29. The SMILES string of the molecule is C=C1CNC(C)C(OC)C1. The van der Waals surface area contributed by atoms with Gasteiger partial charge in [0, 0.05) is 19.7 Å². The minimum atomic E-state index is 0.321. The Balaban J connectivity index is 2.45. The van der Waals surface area contributed by atoms with Crippen molar-refractivity contribution in [3.63, 3.8) is 0 Å². The third kappa shape index (κ3) is 1.58. The molecule has 58 valence electrons. The number of rotatable bonds is 1. The summed E-state index contributed by atoms with van der Waals surface area (Å²) in [5.41, 5.74) is 1.24. The molecule has 0 aliphatic carbocycles. The molecule has 0 radical (unpaired) electrons. The molecule has 1 heterocycles. The molecule has 1 aliphatic rings. The van der Waals surface area contributed by atoms with E-state index in [0.29, 0.717) is 12.1 Å². The van der Waals surface area contributed by atoms with Crippen molar-refractivity contribution in [1.29, 1.82) is 0 Å². The van der Waals surface area contributed by atoms with Gasteiger partial charge in [-0.25, -0.2) is 0 Å². The molecule has 2 atom stereocenters. The highest BCUT2D eigenvalue weighted by Crippen LogP contribution is 2.14. The summed E-state index contributed by atoms with van der Waals surface area (Å²) in [7, 11) is 1.75. The van der Waals surface area contributed by atoms with Crippen LogP contribution in [0.25, 0.3) is 0 Å². The Morgan fingerprint density at radius 2 is 2.40 bits per heavy atom. The van der Waals surface area contributed by atoms with Gasteiger partial charge in [-0.2, -0.15) is 0 Å². The van der Waals surface area contributed by atoms with E-state index in [1.165, 1.54) is 5.57 Å². The van der Waals surface area contributed by atoms with Gasteiger partial charge in [-0.3, -0.25) is 0 Å². The van der Waals surface area contributed by atoms with Gasteiger partial charge in [-0.1, -0.05) is 12.2 Å². The maximum atomic E-state index is 5.25. The molecule has 0 aromatic rings. The first kappa shape index (κ1) is 7.76. The van der Waals surface area contributed by atoms with Crippen LogP contribution in [0.1, 0.15) is 13.3 Å². The summed E-state index contributed by atoms with van der Waals surface area (Å²) in [5, 5.41) is 3.31. The van der Waals surface area contributed by atoms with Crippen LogP contribution in [0.5, 0.6) is 0 Å². The summed E-state index contributed by atoms with van der Waals surface area (Å²) in [6.45, 7) is 6.99. The van der Waals surface area contributed by atoms with E-state index in [9.17, 15) is 0 Å². The van der Waals surface area contributed by atoms with Gasteiger partial charge >= 0.3 is 0 Å². The first-order valence-electron chi connectivity index (χ1n) is 3.67. The van der Waals surface area contributed by atoms with Crippen LogP contribution in [0.15, 0.2) is 12.2 Å². The molecule has 1 aliphatic heterocycles. The molecular weight excluding hydrogens is 126 g/mol. The predicted octanol–water partition coefficient (Wildman–Crippen LogP) is 0.939. The molecule has 0 bridgehead atoms. The quantitative estimate of drug-likeness (QED) is 0.549. The smallest absolute Gasteiger partial charge is 0.0759 e. The molecular formula is C8H15NO. The van der Waals surface area contributed by atoms with Crippen LogP contribution < -0.4 is 5.32 Å². The first-order chi connectivity index (χ1) is 4.74. The molecule has 1 rings (SSSR count). The van der Waals surface area contributed by atoms with Crippen LogP contribution in [-0.2, 0) is 4.74 Å². The topological polar surface area (TPSA) is 21.3 Å². The molecule has 1 fully saturated rings. The predicted molar refractivity (Wildman–Crippen MR) is 42.0 cm³/mol. The van der Waals surface area contributed by atoms with E-state index in [4.69, 9.17) is 4.74 Å². The standard InChI is InChI=1S/C8H15NO/c1-6-4-8(10-3)7(2)9-5-6/h7-9H,1,4-5H2,2-3H3. The van der Waals surface area contributed by atoms with E-state index >= 15 is 0 Å². The fourth-order valence-electron chi connectivity index (χ4n) is 1.26. The number of ether oxygens (including phenoxy) is 1. The van der Waals surface area contributed by atoms with Crippen molar-refractivity contribution in [2.24, 2.45) is 0 Å². The van der Waals surface area contributed by atoms with Gasteiger partial charge < -0.3 is 10.1 Å². The molecule has 1 N–H and O–H groups in total. The lowest BCUT2D eigenvalue weighted by Crippen LogP contribution is -2.44. The average molecular weight is 141 g/mol. The van der Waals surface area contributed by atoms with Gasteiger partial charge in [0.25, 0.3) is 0 Å². The summed E-state index contributed by atoms with van der Waals surface area (Å²) >= 11 is 0. The van der Waals surface area contributed by atoms with Crippen molar-refractivity contribution < 1.29 is 4.74 Å². The summed E-state index contributed by atoms with van der Waals surface area (Å²) in [4.78, 5) is 0. The van der Waals surface area contributed by atoms with Crippen molar-refractivity contribution in [2.75, 3.05) is 13.7 Å². The van der Waals surface area contributed by atoms with Crippen LogP contribution >= 0.6 is 0 Å². The maximum Gasteiger partial charge on any atom is 0.0759 e. The number of methoxy groups -OCH3 is 1. The summed E-state index contributed by atoms with van der Waals surface area (Å²) < 4.78 is 5.25. The van der Waals surface area contributed by atoms with Crippen molar-refractivity contribution in [2.45, 2.75) is 25.5 Å². The highest BCUT2D eigenvalue weighted by atomic mass is 16.5. The molecule has 1 saturated heterocycles. The van der Waals surface area contributed by atoms with Crippen molar-refractivity contribution in [3.8, 4) is 0 Å². The van der Waals surface area contributed by atoms with Gasteiger partial charge in [0.15, 0.2) is 0 Å². The van der Waals surface area contributed by atoms with Crippen molar-refractivity contribution >= 4 is 0 Å². The fraction of sp³-hybridized carbons (Fsp3) is 0.750. The minimum Gasteiger partial charge on any atom is -0.380 e. The lowest BCUT2D eigenvalue weighted by atomic mass is 9.99. The molecule has 2 heteroatoms. The molecule has 2 nitrogen and oxygen atoms in total. The van der Waals surface area contributed by atoms with Gasteiger partial charge in [0.2, 0.25) is 0 Å². The van der Waals surface area contributed by atoms with Crippen LogP contribution in [-0.4, -0.2) is 25.8 Å². The molecule has 10 heavy (non-hydrogen) atoms. The molecule has 2 unspecified atom stereocenters. The van der Waals surface area contributed by atoms with E-state index < -0.39 is 0 Å². The zero-order valence-electron chi connectivity index (χ0n) is 6.68. The molecule has 0 aromatic heterocycles. The Hall–Kier alpha value is -0.340. The summed E-state index contributed by atoms with van der Waals surface area (Å²) in [5.74, 6) is 0. The fourth-order valence-corrected chi connectivity index (χ4v) is 1.26. The number of hydrogen-bond acceptors (Lipinski definition) is 2. The Morgan fingerprint density at radius 1 is 1.70 bits per heavy atom. The van der Waals surface area contributed by atoms with Crippen LogP contribution in [0.2, 0.25) is 0 Å². The van der Waals surface area contributed by atoms with Gasteiger partial charge in [0.05, 0.1) is 6.10 Å². The van der Waals surface area contributed by atoms with Crippen LogP contribution in [0.3, 0.4) is 0 Å². The Labute approximate surface area is 62.3 Å². The number of piperidine rings is 1. The monoisotopic (exact) mass is 141 g/mol. The van der Waals surface area contributed by atoms with Crippen LogP contribution in [0, 0.1) is 0 Å². The zero-order chi connectivity index (χ0) is 7.56. The largest absolute Gasteiger partial charge is 0.380 e. The average Bonchev–Trinajstić information content (AvgIpc) is 1.94. The van der Waals surface area contributed by atoms with Gasteiger partial charge in [-0.05, 0) is 13.3 Å². The second-order valence-corrected chi connectivity index (χ2v) is 2.90. The Kier molecular flexibility index (Phi) is 2.46. The van der Waals surface area contributed by atoms with E-state index in [-0.39, 0.29) is 0 Å². The summed E-state index contributed by atoms with van der Waals surface area (Å²) in [6, 6.07) is 0.468. The lowest BCUT2D eigenvalue weighted by molar-refractivity contribution is 0.0653. The van der Waals surface area contributed by atoms with E-state index in [0.717, 1.165) is 13.0 Å². The third-order valence-electron chi connectivity index (χ3n) is 2.02. The minimum absolute atomic E-state index is 0.321. The van der Waals surface area contributed by atoms with Gasteiger partial charge in [0.1, 0.15) is 0 Å². The van der Waals surface area contributed by atoms with Crippen molar-refractivity contribution in [3.05, 3.63) is 12.2 Å². The van der Waals surface area contributed by atoms with Crippen molar-refractivity contribution in [1.82, 2.24) is 5.32 Å². The first-order valence-corrected chi connectivity index (χ1v) is 3.67. The highest BCUT2D eigenvalue weighted by Gasteiger charge is 2.21. The molecule has 0 saturated carbocycles. The maximum absolute atomic E-state index is 5.25. The van der Waals surface area contributed by atoms with E-state index in [2.05, 4.69) is 18.8 Å². The number of hydrogen-bond donors (Lipinski definition) is 1. The normalized spacial score (nSPS) is 34.4. The number of nitrogens with one attached hydrogen (secondary N) is 1. The summed E-state index contributed by atoms with van der Waals surface area (Å²) in [6.07, 6.45) is 1.33. The van der Waals surface area contributed by atoms with E-state index in [1.807, 2.05) is 0 Å². The highest BCUT2D eigenvalue weighted by molar-refractivity contribution is 5.05. The second-order valence-electron chi connectivity index (χ2n) is 2.90. The third-order valence-corrected chi connectivity index (χ3v) is 2.02. The van der Waals surface area contributed by atoms with E-state index in [1.54, 1.807) is 7.11 Å². The molecule has 0 amide bonds. The Bertz CT molecular complexity index is 133. The Morgan fingerprint density at radius 3 is 2.90 bits per heavy atom. The zero-order valence-corrected chi connectivity index (χ0v) is 6.68. The van der Waals surface area contributed by atoms with Crippen LogP contribution in [0.4, 0.5) is 0 Å². The van der Waals surface area contributed by atoms with Gasteiger partial charge in [-0.15, -0.1) is 0 Å². The molecule has 0 aromatic carbocycles.